The van der Waals surface area contributed by atoms with Crippen LogP contribution in [0, 0.1) is 5.82 Å². The minimum atomic E-state index is -0.357. The van der Waals surface area contributed by atoms with Gasteiger partial charge in [-0.3, -0.25) is 0 Å². The smallest absolute Gasteiger partial charge is 0.214 e. The summed E-state index contributed by atoms with van der Waals surface area (Å²) in [5.41, 5.74) is 0. The second-order valence-corrected chi connectivity index (χ2v) is 5.99. The number of hydrogen-bond acceptors (Lipinski definition) is 3. The molecule has 98 valence electrons. The zero-order valence-electron chi connectivity index (χ0n) is 10.0. The molecule has 3 heterocycles. The van der Waals surface area contributed by atoms with Crippen LogP contribution in [0.15, 0.2) is 16.7 Å². The fourth-order valence-electron chi connectivity index (χ4n) is 2.94. The van der Waals surface area contributed by atoms with Gasteiger partial charge in [-0.2, -0.15) is 0 Å². The van der Waals surface area contributed by atoms with Crippen molar-refractivity contribution in [3.63, 3.8) is 0 Å². The highest BCUT2D eigenvalue weighted by atomic mass is 79.9. The molecule has 2 fully saturated rings. The van der Waals surface area contributed by atoms with E-state index in [9.17, 15) is 4.39 Å². The lowest BCUT2D eigenvalue weighted by Crippen LogP contribution is -2.51. The minimum Gasteiger partial charge on any atom is -0.474 e. The normalized spacial score (nSPS) is 31.1. The lowest BCUT2D eigenvalue weighted by atomic mass is 9.85. The monoisotopic (exact) mass is 314 g/mol. The molecule has 0 radical (unpaired) electrons. The van der Waals surface area contributed by atoms with E-state index in [1.54, 1.807) is 6.07 Å². The number of ether oxygens (including phenoxy) is 1. The first kappa shape index (κ1) is 12.4. The van der Waals surface area contributed by atoms with Gasteiger partial charge in [-0.1, -0.05) is 6.42 Å². The number of aromatic nitrogens is 1. The lowest BCUT2D eigenvalue weighted by molar-refractivity contribution is 0.0887. The third kappa shape index (κ3) is 2.67. The molecule has 0 spiro atoms. The van der Waals surface area contributed by atoms with Crippen molar-refractivity contribution in [1.82, 2.24) is 10.3 Å². The standard InChI is InChI=1S/C13H16BrFN2O/c14-11-6-13(16-7-12(11)15)18-10-4-8-2-1-3-9(5-10)17-8/h6-10,17H,1-5H2/t8-,9+,10-. The molecule has 0 saturated carbocycles. The SMILES string of the molecule is Fc1cnc(O[C@@H]2C[C@H]3CCC[C@@H](C2)N3)cc1Br. The number of nitrogens with one attached hydrogen (secondary N) is 1. The molecule has 2 saturated heterocycles. The summed E-state index contributed by atoms with van der Waals surface area (Å²) in [6.45, 7) is 0. The number of rotatable bonds is 2. The Labute approximate surface area is 114 Å². The molecule has 3 nitrogen and oxygen atoms in total. The van der Waals surface area contributed by atoms with E-state index in [-0.39, 0.29) is 11.9 Å². The van der Waals surface area contributed by atoms with Gasteiger partial charge in [0.2, 0.25) is 5.88 Å². The summed E-state index contributed by atoms with van der Waals surface area (Å²) >= 11 is 3.15. The molecule has 5 heteroatoms. The summed E-state index contributed by atoms with van der Waals surface area (Å²) in [7, 11) is 0. The Hall–Kier alpha value is -0.680. The minimum absolute atomic E-state index is 0.200. The summed E-state index contributed by atoms with van der Waals surface area (Å²) < 4.78 is 19.4. The maximum atomic E-state index is 13.1. The highest BCUT2D eigenvalue weighted by molar-refractivity contribution is 9.10. The van der Waals surface area contributed by atoms with Crippen LogP contribution in [0.5, 0.6) is 5.88 Å². The van der Waals surface area contributed by atoms with Crippen LogP contribution < -0.4 is 10.1 Å². The molecule has 0 amide bonds. The van der Waals surface area contributed by atoms with Gasteiger partial charge >= 0.3 is 0 Å². The van der Waals surface area contributed by atoms with Crippen molar-refractivity contribution >= 4 is 15.9 Å². The molecule has 1 N–H and O–H groups in total. The Morgan fingerprint density at radius 2 is 2.06 bits per heavy atom. The first-order valence-corrected chi connectivity index (χ1v) is 7.24. The molecule has 2 bridgehead atoms. The summed E-state index contributed by atoms with van der Waals surface area (Å²) in [5, 5.41) is 3.62. The predicted molar refractivity (Wildman–Crippen MR) is 70.1 cm³/mol. The Bertz CT molecular complexity index is 431. The molecule has 0 unspecified atom stereocenters. The molecule has 0 aliphatic carbocycles. The predicted octanol–water partition coefficient (Wildman–Crippen LogP) is 3.04. The van der Waals surface area contributed by atoms with Crippen LogP contribution in [-0.2, 0) is 0 Å². The Kier molecular flexibility index (Phi) is 3.52. The van der Waals surface area contributed by atoms with Gasteiger partial charge in [0.05, 0.1) is 10.7 Å². The summed E-state index contributed by atoms with van der Waals surface area (Å²) in [6.07, 6.45) is 7.22. The molecule has 1 aromatic rings. The van der Waals surface area contributed by atoms with Crippen LogP contribution in [-0.4, -0.2) is 23.2 Å². The van der Waals surface area contributed by atoms with Crippen molar-refractivity contribution in [3.05, 3.63) is 22.6 Å². The third-order valence-electron chi connectivity index (χ3n) is 3.74. The summed E-state index contributed by atoms with van der Waals surface area (Å²) in [6, 6.07) is 2.76. The Morgan fingerprint density at radius 1 is 1.33 bits per heavy atom. The number of fused-ring (bicyclic) bond motifs is 2. The third-order valence-corrected chi connectivity index (χ3v) is 4.35. The summed E-state index contributed by atoms with van der Waals surface area (Å²) in [4.78, 5) is 3.98. The molecular formula is C13H16BrFN2O. The quantitative estimate of drug-likeness (QED) is 0.911. The maximum Gasteiger partial charge on any atom is 0.214 e. The molecule has 2 aliphatic heterocycles. The Balaban J connectivity index is 1.67. The molecule has 18 heavy (non-hydrogen) atoms. The number of pyridine rings is 1. The van der Waals surface area contributed by atoms with Crippen molar-refractivity contribution in [2.75, 3.05) is 0 Å². The molecule has 2 aliphatic rings. The molecule has 3 rings (SSSR count). The van der Waals surface area contributed by atoms with Gasteiger partial charge in [-0.25, -0.2) is 9.37 Å². The first-order chi connectivity index (χ1) is 8.70. The van der Waals surface area contributed by atoms with Gasteiger partial charge in [-0.05, 0) is 41.6 Å². The van der Waals surface area contributed by atoms with Crippen molar-refractivity contribution in [2.45, 2.75) is 50.3 Å². The lowest BCUT2D eigenvalue weighted by Gasteiger charge is -2.40. The second-order valence-electron chi connectivity index (χ2n) is 5.14. The van der Waals surface area contributed by atoms with E-state index >= 15 is 0 Å². The van der Waals surface area contributed by atoms with Crippen LogP contribution in [0.25, 0.3) is 0 Å². The Morgan fingerprint density at radius 3 is 2.72 bits per heavy atom. The topological polar surface area (TPSA) is 34.1 Å². The van der Waals surface area contributed by atoms with Gasteiger partial charge in [0.1, 0.15) is 6.10 Å². The summed E-state index contributed by atoms with van der Waals surface area (Å²) in [5.74, 6) is 0.151. The van der Waals surface area contributed by atoms with Gasteiger partial charge in [0.15, 0.2) is 5.82 Å². The second kappa shape index (κ2) is 5.13. The van der Waals surface area contributed by atoms with Crippen LogP contribution >= 0.6 is 15.9 Å². The zero-order valence-corrected chi connectivity index (χ0v) is 11.6. The highest BCUT2D eigenvalue weighted by Crippen LogP contribution is 2.29. The first-order valence-electron chi connectivity index (χ1n) is 6.44. The van der Waals surface area contributed by atoms with Crippen LogP contribution in [0.4, 0.5) is 4.39 Å². The largest absolute Gasteiger partial charge is 0.474 e. The molecular weight excluding hydrogens is 299 g/mol. The van der Waals surface area contributed by atoms with Crippen LogP contribution in [0.3, 0.4) is 0 Å². The number of piperidine rings is 2. The fourth-order valence-corrected chi connectivity index (χ4v) is 3.24. The number of hydrogen-bond donors (Lipinski definition) is 1. The van der Waals surface area contributed by atoms with E-state index in [0.717, 1.165) is 12.8 Å². The van der Waals surface area contributed by atoms with E-state index in [4.69, 9.17) is 4.74 Å². The average Bonchev–Trinajstić information content (AvgIpc) is 2.33. The van der Waals surface area contributed by atoms with Gasteiger partial charge in [0, 0.05) is 18.2 Å². The molecule has 1 aromatic heterocycles. The van der Waals surface area contributed by atoms with Crippen molar-refractivity contribution in [3.8, 4) is 5.88 Å². The van der Waals surface area contributed by atoms with Gasteiger partial charge in [0.25, 0.3) is 0 Å². The van der Waals surface area contributed by atoms with Crippen molar-refractivity contribution in [1.29, 1.82) is 0 Å². The van der Waals surface area contributed by atoms with Crippen LogP contribution in [0.1, 0.15) is 32.1 Å². The van der Waals surface area contributed by atoms with Crippen molar-refractivity contribution < 1.29 is 9.13 Å². The van der Waals surface area contributed by atoms with Crippen molar-refractivity contribution in [2.24, 2.45) is 0 Å². The number of halogens is 2. The van der Waals surface area contributed by atoms with E-state index in [1.807, 2.05) is 0 Å². The molecule has 3 atom stereocenters. The van der Waals surface area contributed by atoms with E-state index in [2.05, 4.69) is 26.2 Å². The van der Waals surface area contributed by atoms with E-state index in [0.29, 0.717) is 22.4 Å². The highest BCUT2D eigenvalue weighted by Gasteiger charge is 2.32. The molecule has 0 aromatic carbocycles. The van der Waals surface area contributed by atoms with Gasteiger partial charge < -0.3 is 10.1 Å². The zero-order chi connectivity index (χ0) is 12.5. The number of nitrogens with zero attached hydrogens (tertiary/aromatic N) is 1. The van der Waals surface area contributed by atoms with E-state index in [1.165, 1.54) is 25.5 Å². The van der Waals surface area contributed by atoms with E-state index < -0.39 is 0 Å². The fraction of sp³-hybridized carbons (Fsp3) is 0.615. The average molecular weight is 315 g/mol. The maximum absolute atomic E-state index is 13.1. The van der Waals surface area contributed by atoms with Gasteiger partial charge in [-0.15, -0.1) is 0 Å². The van der Waals surface area contributed by atoms with Crippen LogP contribution in [0.2, 0.25) is 0 Å².